The van der Waals surface area contributed by atoms with Crippen LogP contribution in [0, 0.1) is 5.92 Å². The summed E-state index contributed by atoms with van der Waals surface area (Å²) in [7, 11) is 1.45. The molecule has 0 spiro atoms. The summed E-state index contributed by atoms with van der Waals surface area (Å²) in [6.45, 7) is 4.02. The molecule has 11 heteroatoms. The van der Waals surface area contributed by atoms with Gasteiger partial charge in [-0.1, -0.05) is 19.9 Å². The van der Waals surface area contributed by atoms with Crippen LogP contribution >= 0.6 is 0 Å². The maximum absolute atomic E-state index is 13.2. The van der Waals surface area contributed by atoms with E-state index < -0.39 is 28.9 Å². The fourth-order valence-corrected chi connectivity index (χ4v) is 3.05. The second-order valence-corrected chi connectivity index (χ2v) is 7.38. The van der Waals surface area contributed by atoms with Gasteiger partial charge in [-0.15, -0.1) is 0 Å². The molecule has 0 atom stereocenters. The number of alkyl halides is 3. The van der Waals surface area contributed by atoms with Crippen molar-refractivity contribution >= 4 is 17.4 Å². The molecule has 0 saturated heterocycles. The third-order valence-corrected chi connectivity index (χ3v) is 4.44. The van der Waals surface area contributed by atoms with Gasteiger partial charge in [0.2, 0.25) is 0 Å². The number of methoxy groups -OCH3 is 1. The Morgan fingerprint density at radius 3 is 2.55 bits per heavy atom. The number of anilines is 2. The van der Waals surface area contributed by atoms with Crippen molar-refractivity contribution in [3.63, 3.8) is 0 Å². The van der Waals surface area contributed by atoms with Gasteiger partial charge < -0.3 is 15.4 Å². The molecule has 0 radical (unpaired) electrons. The Balaban J connectivity index is 2.61. The highest BCUT2D eigenvalue weighted by atomic mass is 19.4. The minimum absolute atomic E-state index is 0.000128. The first-order chi connectivity index (χ1) is 14.5. The predicted octanol–water partition coefficient (Wildman–Crippen LogP) is 2.48. The van der Waals surface area contributed by atoms with E-state index in [1.54, 1.807) is 0 Å². The van der Waals surface area contributed by atoms with Crippen LogP contribution in [0.2, 0.25) is 0 Å². The van der Waals surface area contributed by atoms with E-state index in [1.165, 1.54) is 13.2 Å². The zero-order valence-electron chi connectivity index (χ0n) is 17.5. The molecule has 1 amide bonds. The fourth-order valence-electron chi connectivity index (χ4n) is 3.05. The fraction of sp³-hybridized carbons (Fsp3) is 0.450. The number of benzene rings is 1. The molecule has 0 aliphatic carbocycles. The number of hydrogen-bond donors (Lipinski definition) is 2. The largest absolute Gasteiger partial charge is 0.416 e. The van der Waals surface area contributed by atoms with Crippen molar-refractivity contribution in [3.05, 3.63) is 56.2 Å². The SMILES string of the molecule is COCCCN(C(=O)c1cccc(C(F)(F)F)c1)c1c(N)n(CC(C)C)c(=O)[nH]c1=O. The van der Waals surface area contributed by atoms with Gasteiger partial charge in [0.1, 0.15) is 5.82 Å². The van der Waals surface area contributed by atoms with Crippen molar-refractivity contribution in [2.75, 3.05) is 30.9 Å². The van der Waals surface area contributed by atoms with Crippen LogP contribution in [-0.2, 0) is 17.5 Å². The lowest BCUT2D eigenvalue weighted by Crippen LogP contribution is -2.42. The van der Waals surface area contributed by atoms with Gasteiger partial charge in [-0.2, -0.15) is 13.2 Å². The normalized spacial score (nSPS) is 11.7. The molecule has 0 bridgehead atoms. The number of aromatic amines is 1. The average Bonchev–Trinajstić information content (AvgIpc) is 2.68. The van der Waals surface area contributed by atoms with Crippen LogP contribution in [-0.4, -0.2) is 35.7 Å². The molecule has 2 rings (SSSR count). The molecule has 0 unspecified atom stereocenters. The molecule has 0 aliphatic heterocycles. The van der Waals surface area contributed by atoms with Crippen LogP contribution in [0.15, 0.2) is 33.9 Å². The van der Waals surface area contributed by atoms with E-state index in [0.29, 0.717) is 6.07 Å². The minimum atomic E-state index is -4.64. The van der Waals surface area contributed by atoms with Crippen LogP contribution in [0.3, 0.4) is 0 Å². The van der Waals surface area contributed by atoms with Gasteiger partial charge >= 0.3 is 11.9 Å². The molecule has 3 N–H and O–H groups in total. The highest BCUT2D eigenvalue weighted by molar-refractivity contribution is 6.07. The van der Waals surface area contributed by atoms with E-state index in [9.17, 15) is 27.6 Å². The molecule has 1 heterocycles. The molecule has 8 nitrogen and oxygen atoms in total. The zero-order valence-corrected chi connectivity index (χ0v) is 17.5. The maximum atomic E-state index is 13.2. The molecule has 31 heavy (non-hydrogen) atoms. The van der Waals surface area contributed by atoms with Gasteiger partial charge in [0.05, 0.1) is 5.56 Å². The van der Waals surface area contributed by atoms with Gasteiger partial charge in [0.25, 0.3) is 11.5 Å². The average molecular weight is 442 g/mol. The summed E-state index contributed by atoms with van der Waals surface area (Å²) in [4.78, 5) is 41.1. The summed E-state index contributed by atoms with van der Waals surface area (Å²) in [5.74, 6) is -1.09. The van der Waals surface area contributed by atoms with Crippen molar-refractivity contribution in [3.8, 4) is 0 Å². The van der Waals surface area contributed by atoms with Crippen LogP contribution in [0.1, 0.15) is 36.2 Å². The summed E-state index contributed by atoms with van der Waals surface area (Å²) >= 11 is 0. The Bertz CT molecular complexity index is 1040. The standard InChI is InChI=1S/C20H25F3N4O4/c1-12(2)11-27-16(24)15(17(28)25-19(27)30)26(8-5-9-31-3)18(29)13-6-4-7-14(10-13)20(21,22)23/h4,6-7,10,12H,5,8-9,11,24H2,1-3H3,(H,25,28,30). The number of nitrogens with zero attached hydrogens (tertiary/aromatic N) is 2. The van der Waals surface area contributed by atoms with Crippen molar-refractivity contribution in [2.45, 2.75) is 33.0 Å². The zero-order chi connectivity index (χ0) is 23.3. The number of nitrogens with two attached hydrogens (primary N) is 1. The van der Waals surface area contributed by atoms with Crippen molar-refractivity contribution in [1.82, 2.24) is 9.55 Å². The van der Waals surface area contributed by atoms with E-state index in [1.807, 2.05) is 13.8 Å². The minimum Gasteiger partial charge on any atom is -0.385 e. The molecule has 1 aromatic heterocycles. The highest BCUT2D eigenvalue weighted by Gasteiger charge is 2.32. The van der Waals surface area contributed by atoms with Crippen LogP contribution in [0.25, 0.3) is 0 Å². The van der Waals surface area contributed by atoms with Crippen molar-refractivity contribution < 1.29 is 22.7 Å². The third-order valence-electron chi connectivity index (χ3n) is 4.44. The number of hydrogen-bond acceptors (Lipinski definition) is 5. The highest BCUT2D eigenvalue weighted by Crippen LogP contribution is 2.30. The second-order valence-electron chi connectivity index (χ2n) is 7.38. The number of carbonyl (C=O) groups is 1. The number of ether oxygens (including phenoxy) is 1. The monoisotopic (exact) mass is 442 g/mol. The van der Waals surface area contributed by atoms with Crippen LogP contribution in [0.4, 0.5) is 24.7 Å². The number of rotatable bonds is 8. The van der Waals surface area contributed by atoms with Gasteiger partial charge in [0.15, 0.2) is 5.69 Å². The summed E-state index contributed by atoms with van der Waals surface area (Å²) < 4.78 is 45.4. The Labute approximate surface area is 176 Å². The van der Waals surface area contributed by atoms with Crippen LogP contribution in [0.5, 0.6) is 0 Å². The smallest absolute Gasteiger partial charge is 0.385 e. The number of carbonyl (C=O) groups excluding carboxylic acids is 1. The van der Waals surface area contributed by atoms with E-state index in [-0.39, 0.29) is 49.1 Å². The summed E-state index contributed by atoms with van der Waals surface area (Å²) in [5.41, 5.74) is 2.89. The predicted molar refractivity (Wildman–Crippen MR) is 110 cm³/mol. The Morgan fingerprint density at radius 2 is 1.97 bits per heavy atom. The van der Waals surface area contributed by atoms with Gasteiger partial charge in [-0.05, 0) is 30.5 Å². The van der Waals surface area contributed by atoms with Gasteiger partial charge in [-0.3, -0.25) is 19.1 Å². The van der Waals surface area contributed by atoms with E-state index >= 15 is 0 Å². The molecule has 2 aromatic rings. The number of halogens is 3. The number of aromatic nitrogens is 2. The molecule has 0 fully saturated rings. The van der Waals surface area contributed by atoms with Crippen molar-refractivity contribution in [2.24, 2.45) is 5.92 Å². The second kappa shape index (κ2) is 9.82. The Kier molecular flexibility index (Phi) is 7.66. The summed E-state index contributed by atoms with van der Waals surface area (Å²) in [6.07, 6.45) is -4.36. The van der Waals surface area contributed by atoms with E-state index in [4.69, 9.17) is 10.5 Å². The molecular weight excluding hydrogens is 417 g/mol. The van der Waals surface area contributed by atoms with Gasteiger partial charge in [0, 0.05) is 32.4 Å². The topological polar surface area (TPSA) is 110 Å². The first-order valence-electron chi connectivity index (χ1n) is 9.58. The number of nitrogens with one attached hydrogen (secondary N) is 1. The van der Waals surface area contributed by atoms with E-state index in [0.717, 1.165) is 21.6 Å². The Morgan fingerprint density at radius 1 is 1.29 bits per heavy atom. The Hall–Kier alpha value is -3.08. The summed E-state index contributed by atoms with van der Waals surface area (Å²) in [5, 5.41) is 0. The van der Waals surface area contributed by atoms with E-state index in [2.05, 4.69) is 4.98 Å². The molecule has 170 valence electrons. The first kappa shape index (κ1) is 24.2. The lowest BCUT2D eigenvalue weighted by molar-refractivity contribution is -0.137. The molecule has 0 saturated carbocycles. The third kappa shape index (κ3) is 5.75. The number of H-pyrrole nitrogens is 1. The molecule has 0 aliphatic rings. The van der Waals surface area contributed by atoms with Crippen molar-refractivity contribution in [1.29, 1.82) is 0 Å². The summed E-state index contributed by atoms with van der Waals surface area (Å²) in [6, 6.07) is 3.88. The van der Waals surface area contributed by atoms with Gasteiger partial charge in [-0.25, -0.2) is 4.79 Å². The quantitative estimate of drug-likeness (QED) is 0.611. The molecule has 1 aromatic carbocycles. The lowest BCUT2D eigenvalue weighted by atomic mass is 10.1. The molecular formula is C20H25F3N4O4. The van der Waals surface area contributed by atoms with Crippen LogP contribution < -0.4 is 21.9 Å². The number of amides is 1. The first-order valence-corrected chi connectivity index (χ1v) is 9.58. The lowest BCUT2D eigenvalue weighted by Gasteiger charge is -2.25. The maximum Gasteiger partial charge on any atom is 0.416 e. The number of nitrogen functional groups attached to an aromatic ring is 1.